The Morgan fingerprint density at radius 3 is 2.20 bits per heavy atom. The zero-order valence-electron chi connectivity index (χ0n) is 22.8. The van der Waals surface area contributed by atoms with E-state index in [-0.39, 0.29) is 11.5 Å². The highest BCUT2D eigenvalue weighted by Gasteiger charge is 2.38. The lowest BCUT2D eigenvalue weighted by molar-refractivity contribution is -0.192. The van der Waals surface area contributed by atoms with Gasteiger partial charge in [0, 0.05) is 38.4 Å². The maximum atomic E-state index is 12.1. The Kier molecular flexibility index (Phi) is 12.9. The number of guanidine groups is 1. The van der Waals surface area contributed by atoms with Gasteiger partial charge in [-0.25, -0.2) is 14.6 Å². The van der Waals surface area contributed by atoms with Crippen LogP contribution in [-0.2, 0) is 16.1 Å². The lowest BCUT2D eigenvalue weighted by Gasteiger charge is -2.36. The Hall–Kier alpha value is -4.33. The van der Waals surface area contributed by atoms with Gasteiger partial charge in [-0.15, -0.1) is 0 Å². The highest BCUT2D eigenvalue weighted by molar-refractivity contribution is 5.94. The van der Waals surface area contributed by atoms with Crippen molar-refractivity contribution in [3.05, 3.63) is 59.7 Å². The SMILES string of the molecule is CCCNC(=O)CN1CCN(C(=NCc2cccc(OC)c2)Nc2ccc(C(=O)O)cc2)CC1.O=C(O)C(F)(F)F. The fourth-order valence-electron chi connectivity index (χ4n) is 3.62. The van der Waals surface area contributed by atoms with Crippen LogP contribution in [0.3, 0.4) is 0 Å². The zero-order chi connectivity index (χ0) is 30.4. The molecule has 0 radical (unpaired) electrons. The minimum absolute atomic E-state index is 0.0545. The second-order valence-corrected chi connectivity index (χ2v) is 8.91. The number of halogens is 3. The Bertz CT molecular complexity index is 1180. The number of amides is 1. The molecule has 4 N–H and O–H groups in total. The van der Waals surface area contributed by atoms with Crippen LogP contribution in [0.1, 0.15) is 29.3 Å². The van der Waals surface area contributed by atoms with Crippen molar-refractivity contribution in [3.8, 4) is 5.75 Å². The van der Waals surface area contributed by atoms with Crippen LogP contribution in [0.4, 0.5) is 18.9 Å². The summed E-state index contributed by atoms with van der Waals surface area (Å²) in [5, 5.41) is 22.6. The van der Waals surface area contributed by atoms with Gasteiger partial charge in [0.1, 0.15) is 5.75 Å². The number of hydrogen-bond donors (Lipinski definition) is 4. The van der Waals surface area contributed by atoms with Crippen molar-refractivity contribution in [3.63, 3.8) is 0 Å². The summed E-state index contributed by atoms with van der Waals surface area (Å²) in [6.45, 7) is 6.53. The lowest BCUT2D eigenvalue weighted by atomic mass is 10.2. The predicted octanol–water partition coefficient (Wildman–Crippen LogP) is 3.14. The van der Waals surface area contributed by atoms with E-state index in [9.17, 15) is 22.8 Å². The number of nitrogens with one attached hydrogen (secondary N) is 2. The number of rotatable bonds is 9. The van der Waals surface area contributed by atoms with Crippen LogP contribution in [0, 0.1) is 0 Å². The molecular formula is C27H34F3N5O6. The molecule has 0 spiro atoms. The van der Waals surface area contributed by atoms with E-state index in [0.717, 1.165) is 49.6 Å². The van der Waals surface area contributed by atoms with E-state index in [1.54, 1.807) is 31.4 Å². The third kappa shape index (κ3) is 11.7. The van der Waals surface area contributed by atoms with Crippen molar-refractivity contribution in [2.45, 2.75) is 26.1 Å². The molecule has 2 aromatic carbocycles. The van der Waals surface area contributed by atoms with Crippen LogP contribution < -0.4 is 15.4 Å². The molecule has 1 fully saturated rings. The van der Waals surface area contributed by atoms with Crippen LogP contribution in [0.2, 0.25) is 0 Å². The second-order valence-electron chi connectivity index (χ2n) is 8.91. The van der Waals surface area contributed by atoms with Crippen molar-refractivity contribution in [2.75, 3.05) is 51.7 Å². The first kappa shape index (κ1) is 32.9. The number of hydrogen-bond acceptors (Lipinski definition) is 6. The maximum Gasteiger partial charge on any atom is 0.490 e. The summed E-state index contributed by atoms with van der Waals surface area (Å²) >= 11 is 0. The Balaban J connectivity index is 0.000000745. The van der Waals surface area contributed by atoms with Gasteiger partial charge in [0.25, 0.3) is 0 Å². The van der Waals surface area contributed by atoms with E-state index in [1.165, 1.54) is 0 Å². The monoisotopic (exact) mass is 581 g/mol. The Labute approximate surface area is 235 Å². The van der Waals surface area contributed by atoms with E-state index in [4.69, 9.17) is 24.7 Å². The van der Waals surface area contributed by atoms with Gasteiger partial charge in [-0.05, 0) is 48.4 Å². The zero-order valence-corrected chi connectivity index (χ0v) is 22.8. The molecule has 1 heterocycles. The van der Waals surface area contributed by atoms with Crippen molar-refractivity contribution in [1.82, 2.24) is 15.1 Å². The molecule has 1 saturated heterocycles. The third-order valence-electron chi connectivity index (χ3n) is 5.79. The van der Waals surface area contributed by atoms with Crippen LogP contribution in [-0.4, -0.2) is 96.4 Å². The molecule has 1 aliphatic rings. The molecule has 3 rings (SSSR count). The van der Waals surface area contributed by atoms with Crippen molar-refractivity contribution >= 4 is 29.5 Å². The number of benzene rings is 2. The molecule has 1 amide bonds. The molecule has 0 aliphatic carbocycles. The lowest BCUT2D eigenvalue weighted by Crippen LogP contribution is -2.52. The molecule has 2 aromatic rings. The summed E-state index contributed by atoms with van der Waals surface area (Å²) in [7, 11) is 1.64. The minimum atomic E-state index is -5.08. The number of ether oxygens (including phenoxy) is 1. The number of aromatic carboxylic acids is 1. The molecule has 0 atom stereocenters. The van der Waals surface area contributed by atoms with Crippen LogP contribution in [0.5, 0.6) is 5.75 Å². The summed E-state index contributed by atoms with van der Waals surface area (Å²) < 4.78 is 37.0. The van der Waals surface area contributed by atoms with Gasteiger partial charge in [0.2, 0.25) is 5.91 Å². The molecule has 41 heavy (non-hydrogen) atoms. The van der Waals surface area contributed by atoms with Crippen LogP contribution in [0.15, 0.2) is 53.5 Å². The second kappa shape index (κ2) is 16.1. The van der Waals surface area contributed by atoms with E-state index >= 15 is 0 Å². The maximum absolute atomic E-state index is 12.1. The number of carboxylic acid groups (broad SMARTS) is 2. The number of methoxy groups -OCH3 is 1. The first-order valence-corrected chi connectivity index (χ1v) is 12.7. The van der Waals surface area contributed by atoms with Gasteiger partial charge in [-0.1, -0.05) is 19.1 Å². The van der Waals surface area contributed by atoms with Gasteiger partial charge in [-0.2, -0.15) is 13.2 Å². The summed E-state index contributed by atoms with van der Waals surface area (Å²) in [4.78, 5) is 41.3. The van der Waals surface area contributed by atoms with E-state index in [0.29, 0.717) is 25.6 Å². The number of aliphatic carboxylic acids is 1. The highest BCUT2D eigenvalue weighted by atomic mass is 19.4. The summed E-state index contributed by atoms with van der Waals surface area (Å²) in [5.41, 5.74) is 2.01. The minimum Gasteiger partial charge on any atom is -0.497 e. The number of carbonyl (C=O) groups is 3. The molecule has 0 saturated carbocycles. The smallest absolute Gasteiger partial charge is 0.490 e. The largest absolute Gasteiger partial charge is 0.497 e. The van der Waals surface area contributed by atoms with Crippen LogP contribution >= 0.6 is 0 Å². The molecule has 14 heteroatoms. The number of anilines is 1. The normalized spacial score (nSPS) is 14.0. The van der Waals surface area contributed by atoms with E-state index in [1.807, 2.05) is 31.2 Å². The average Bonchev–Trinajstić information content (AvgIpc) is 2.94. The molecule has 224 valence electrons. The van der Waals surface area contributed by atoms with Gasteiger partial charge in [-0.3, -0.25) is 9.69 Å². The third-order valence-corrected chi connectivity index (χ3v) is 5.79. The van der Waals surface area contributed by atoms with Crippen molar-refractivity contribution in [2.24, 2.45) is 4.99 Å². The fraction of sp³-hybridized carbons (Fsp3) is 0.407. The fourth-order valence-corrected chi connectivity index (χ4v) is 3.62. The van der Waals surface area contributed by atoms with Crippen LogP contribution in [0.25, 0.3) is 0 Å². The van der Waals surface area contributed by atoms with Gasteiger partial charge in [0.05, 0.1) is 25.8 Å². The summed E-state index contributed by atoms with van der Waals surface area (Å²) in [6, 6.07) is 14.4. The molecular weight excluding hydrogens is 547 g/mol. The van der Waals surface area contributed by atoms with Gasteiger partial charge < -0.3 is 30.5 Å². The number of carbonyl (C=O) groups excluding carboxylic acids is 1. The quantitative estimate of drug-likeness (QED) is 0.259. The van der Waals surface area contributed by atoms with E-state index < -0.39 is 18.1 Å². The number of nitrogens with zero attached hydrogens (tertiary/aromatic N) is 3. The molecule has 11 nitrogen and oxygen atoms in total. The van der Waals surface area contributed by atoms with E-state index in [2.05, 4.69) is 20.4 Å². The molecule has 0 bridgehead atoms. The summed E-state index contributed by atoms with van der Waals surface area (Å²) in [5.74, 6) is -2.17. The van der Waals surface area contributed by atoms with Crippen molar-refractivity contribution in [1.29, 1.82) is 0 Å². The number of alkyl halides is 3. The molecule has 1 aliphatic heterocycles. The standard InChI is InChI=1S/C25H33N5O4.C2HF3O2/c1-3-11-26-23(31)18-29-12-14-30(15-13-29)25(27-17-19-5-4-6-22(16-19)34-2)28-21-9-7-20(8-10-21)24(32)33;3-2(4,5)1(6)7/h4-10,16H,3,11-15,17-18H2,1-2H3,(H,26,31)(H,27,28)(H,32,33);(H,6,7). The molecule has 0 aromatic heterocycles. The van der Waals surface area contributed by atoms with Gasteiger partial charge >= 0.3 is 18.1 Å². The van der Waals surface area contributed by atoms with Crippen molar-refractivity contribution < 1.29 is 42.5 Å². The predicted molar refractivity (Wildman–Crippen MR) is 146 cm³/mol. The highest BCUT2D eigenvalue weighted by Crippen LogP contribution is 2.16. The first-order chi connectivity index (χ1) is 19.4. The number of piperazine rings is 1. The number of carboxylic acids is 2. The topological polar surface area (TPSA) is 144 Å². The Morgan fingerprint density at radius 1 is 1.02 bits per heavy atom. The molecule has 0 unspecified atom stereocenters. The summed E-state index contributed by atoms with van der Waals surface area (Å²) in [6.07, 6.45) is -4.16. The Morgan fingerprint density at radius 2 is 1.66 bits per heavy atom. The van der Waals surface area contributed by atoms with Gasteiger partial charge in [0.15, 0.2) is 5.96 Å². The number of aliphatic imine (C=N–C) groups is 1. The first-order valence-electron chi connectivity index (χ1n) is 12.7. The average molecular weight is 582 g/mol.